The fraction of sp³-hybridized carbons (Fsp3) is 0.333. The fourth-order valence-electron chi connectivity index (χ4n) is 3.31. The van der Waals surface area contributed by atoms with Gasteiger partial charge in [0.05, 0.1) is 13.2 Å². The summed E-state index contributed by atoms with van der Waals surface area (Å²) in [5.74, 6) is -0.885. The van der Waals surface area contributed by atoms with Crippen LogP contribution < -0.4 is 4.74 Å². The van der Waals surface area contributed by atoms with Gasteiger partial charge in [-0.05, 0) is 55.7 Å². The Hall–Kier alpha value is -2.76. The number of methoxy groups -OCH3 is 1. The molecule has 1 aromatic heterocycles. The van der Waals surface area contributed by atoms with Crippen molar-refractivity contribution in [1.82, 2.24) is 4.90 Å². The number of hydrogen-bond donors (Lipinski definition) is 1. The summed E-state index contributed by atoms with van der Waals surface area (Å²) in [7, 11) is 1.63. The molecule has 0 radical (unpaired) electrons. The number of fused-ring (bicyclic) bond motifs is 1. The Bertz CT molecular complexity index is 794. The van der Waals surface area contributed by atoms with E-state index >= 15 is 0 Å². The molecule has 1 N–H and O–H groups in total. The van der Waals surface area contributed by atoms with Crippen LogP contribution in [-0.2, 0) is 6.42 Å². The van der Waals surface area contributed by atoms with E-state index in [0.717, 1.165) is 16.9 Å². The maximum Gasteiger partial charge on any atom is 0.371 e. The summed E-state index contributed by atoms with van der Waals surface area (Å²) in [6.45, 7) is 3.93. The number of ether oxygens (including phenoxy) is 1. The van der Waals surface area contributed by atoms with E-state index in [2.05, 4.69) is 0 Å². The average molecular weight is 329 g/mol. The minimum Gasteiger partial charge on any atom is -0.497 e. The third kappa shape index (κ3) is 2.64. The van der Waals surface area contributed by atoms with Gasteiger partial charge in [-0.3, -0.25) is 4.79 Å². The van der Waals surface area contributed by atoms with Crippen molar-refractivity contribution < 1.29 is 23.8 Å². The Morgan fingerprint density at radius 1 is 1.21 bits per heavy atom. The summed E-state index contributed by atoms with van der Waals surface area (Å²) in [5.41, 5.74) is 2.22. The molecule has 126 valence electrons. The minimum absolute atomic E-state index is 0.0366. The molecule has 2 unspecified atom stereocenters. The molecule has 0 spiro atoms. The molecule has 1 aliphatic rings. The molecule has 0 aliphatic carbocycles. The maximum absolute atomic E-state index is 12.8. The fourth-order valence-corrected chi connectivity index (χ4v) is 3.31. The zero-order valence-electron chi connectivity index (χ0n) is 13.8. The summed E-state index contributed by atoms with van der Waals surface area (Å²) in [5, 5.41) is 8.94. The van der Waals surface area contributed by atoms with E-state index in [0.29, 0.717) is 6.42 Å². The Balaban J connectivity index is 1.92. The molecule has 1 aliphatic heterocycles. The van der Waals surface area contributed by atoms with Gasteiger partial charge in [0, 0.05) is 6.04 Å². The smallest absolute Gasteiger partial charge is 0.371 e. The Morgan fingerprint density at radius 3 is 2.54 bits per heavy atom. The third-order valence-electron chi connectivity index (χ3n) is 4.47. The number of rotatable bonds is 3. The highest BCUT2D eigenvalue weighted by molar-refractivity contribution is 5.94. The first kappa shape index (κ1) is 16.1. The van der Waals surface area contributed by atoms with E-state index < -0.39 is 5.97 Å². The van der Waals surface area contributed by atoms with Crippen molar-refractivity contribution in [2.75, 3.05) is 7.11 Å². The molecule has 6 heteroatoms. The first-order valence-corrected chi connectivity index (χ1v) is 7.75. The van der Waals surface area contributed by atoms with E-state index in [1.165, 1.54) is 12.1 Å². The van der Waals surface area contributed by atoms with E-state index in [4.69, 9.17) is 14.3 Å². The standard InChI is InChI=1S/C18H19NO5/c1-10-8-12-9-13(23-3)4-5-14(12)11(2)19(10)17(20)15-6-7-16(24-15)18(21)22/h4-7,9-11H,8H2,1-3H3,(H,21,22). The van der Waals surface area contributed by atoms with Crippen LogP contribution in [0.5, 0.6) is 5.75 Å². The quantitative estimate of drug-likeness (QED) is 0.936. The summed E-state index contributed by atoms with van der Waals surface area (Å²) in [6, 6.07) is 8.38. The lowest BCUT2D eigenvalue weighted by Crippen LogP contribution is -2.44. The van der Waals surface area contributed by atoms with Gasteiger partial charge in [-0.1, -0.05) is 6.07 Å². The molecule has 2 atom stereocenters. The number of amides is 1. The molecule has 24 heavy (non-hydrogen) atoms. The zero-order valence-corrected chi connectivity index (χ0v) is 13.8. The van der Waals surface area contributed by atoms with E-state index in [1.54, 1.807) is 12.0 Å². The van der Waals surface area contributed by atoms with Gasteiger partial charge in [0.1, 0.15) is 5.75 Å². The minimum atomic E-state index is -1.19. The summed E-state index contributed by atoms with van der Waals surface area (Å²) in [6.07, 6.45) is 0.703. The van der Waals surface area contributed by atoms with Gasteiger partial charge in [-0.2, -0.15) is 0 Å². The highest BCUT2D eigenvalue weighted by Crippen LogP contribution is 2.35. The molecule has 1 aromatic carbocycles. The molecule has 2 heterocycles. The van der Waals surface area contributed by atoms with E-state index in [1.807, 2.05) is 32.0 Å². The number of benzene rings is 1. The monoisotopic (exact) mass is 329 g/mol. The second-order valence-electron chi connectivity index (χ2n) is 5.98. The van der Waals surface area contributed by atoms with Crippen LogP contribution in [0.4, 0.5) is 0 Å². The number of carboxylic acid groups (broad SMARTS) is 1. The Morgan fingerprint density at radius 2 is 1.92 bits per heavy atom. The van der Waals surface area contributed by atoms with Gasteiger partial charge in [0.25, 0.3) is 5.91 Å². The Kier molecular flexibility index (Phi) is 4.05. The second kappa shape index (κ2) is 6.03. The van der Waals surface area contributed by atoms with Crippen molar-refractivity contribution in [3.8, 4) is 5.75 Å². The van der Waals surface area contributed by atoms with Crippen molar-refractivity contribution in [2.45, 2.75) is 32.4 Å². The van der Waals surface area contributed by atoms with E-state index in [9.17, 15) is 9.59 Å². The first-order valence-electron chi connectivity index (χ1n) is 7.75. The molecule has 2 aromatic rings. The van der Waals surface area contributed by atoms with Crippen LogP contribution in [0.2, 0.25) is 0 Å². The highest BCUT2D eigenvalue weighted by atomic mass is 16.5. The van der Waals surface area contributed by atoms with Crippen LogP contribution in [0.25, 0.3) is 0 Å². The summed E-state index contributed by atoms with van der Waals surface area (Å²) >= 11 is 0. The second-order valence-corrected chi connectivity index (χ2v) is 5.98. The number of aromatic carboxylic acids is 1. The van der Waals surface area contributed by atoms with Crippen molar-refractivity contribution in [1.29, 1.82) is 0 Å². The van der Waals surface area contributed by atoms with Gasteiger partial charge in [0.15, 0.2) is 5.76 Å². The lowest BCUT2D eigenvalue weighted by Gasteiger charge is -2.40. The van der Waals surface area contributed by atoms with Crippen LogP contribution >= 0.6 is 0 Å². The number of nitrogens with zero attached hydrogens (tertiary/aromatic N) is 1. The number of hydrogen-bond acceptors (Lipinski definition) is 4. The van der Waals surface area contributed by atoms with Crippen molar-refractivity contribution in [2.24, 2.45) is 0 Å². The number of furan rings is 1. The zero-order chi connectivity index (χ0) is 17.4. The highest BCUT2D eigenvalue weighted by Gasteiger charge is 2.34. The van der Waals surface area contributed by atoms with Gasteiger partial charge in [0.2, 0.25) is 5.76 Å². The van der Waals surface area contributed by atoms with Gasteiger partial charge in [-0.25, -0.2) is 4.79 Å². The third-order valence-corrected chi connectivity index (χ3v) is 4.47. The Labute approximate surface area is 139 Å². The van der Waals surface area contributed by atoms with Crippen molar-refractivity contribution >= 4 is 11.9 Å². The van der Waals surface area contributed by atoms with Gasteiger partial charge < -0.3 is 19.2 Å². The lowest BCUT2D eigenvalue weighted by atomic mass is 9.89. The average Bonchev–Trinajstić information content (AvgIpc) is 3.04. The topological polar surface area (TPSA) is 80.0 Å². The van der Waals surface area contributed by atoms with Crippen LogP contribution in [0, 0.1) is 0 Å². The maximum atomic E-state index is 12.8. The number of carboxylic acids is 1. The normalized spacial score (nSPS) is 19.7. The van der Waals surface area contributed by atoms with Crippen LogP contribution in [0.15, 0.2) is 34.7 Å². The number of carbonyl (C=O) groups excluding carboxylic acids is 1. The largest absolute Gasteiger partial charge is 0.497 e. The lowest BCUT2D eigenvalue weighted by molar-refractivity contribution is 0.0539. The molecule has 0 saturated heterocycles. The molecular formula is C18H19NO5. The van der Waals surface area contributed by atoms with E-state index in [-0.39, 0.29) is 29.5 Å². The molecule has 0 saturated carbocycles. The first-order chi connectivity index (χ1) is 11.4. The van der Waals surface area contributed by atoms with Crippen LogP contribution in [-0.4, -0.2) is 35.0 Å². The molecular weight excluding hydrogens is 310 g/mol. The van der Waals surface area contributed by atoms with Crippen LogP contribution in [0.1, 0.15) is 52.1 Å². The molecule has 1 amide bonds. The number of carbonyl (C=O) groups is 2. The van der Waals surface area contributed by atoms with Crippen molar-refractivity contribution in [3.05, 3.63) is 53.0 Å². The van der Waals surface area contributed by atoms with Crippen molar-refractivity contribution in [3.63, 3.8) is 0 Å². The predicted molar refractivity (Wildman–Crippen MR) is 86.4 cm³/mol. The SMILES string of the molecule is COc1ccc2c(c1)CC(C)N(C(=O)c1ccc(C(=O)O)o1)C2C. The molecule has 3 rings (SSSR count). The van der Waals surface area contributed by atoms with Gasteiger partial charge in [-0.15, -0.1) is 0 Å². The summed E-state index contributed by atoms with van der Waals surface area (Å²) in [4.78, 5) is 25.5. The summed E-state index contributed by atoms with van der Waals surface area (Å²) < 4.78 is 10.4. The van der Waals surface area contributed by atoms with Crippen LogP contribution in [0.3, 0.4) is 0 Å². The molecule has 6 nitrogen and oxygen atoms in total. The van der Waals surface area contributed by atoms with Gasteiger partial charge >= 0.3 is 5.97 Å². The predicted octanol–water partition coefficient (Wildman–Crippen LogP) is 3.13. The molecule has 0 bridgehead atoms. The molecule has 0 fully saturated rings.